The molecular weight excluding hydrogens is 301 g/mol. The van der Waals surface area contributed by atoms with Crippen LogP contribution in [-0.2, 0) is 12.8 Å². The molecule has 2 aromatic carbocycles. The average molecular weight is 315 g/mol. The van der Waals surface area contributed by atoms with E-state index in [1.54, 1.807) is 6.07 Å². The van der Waals surface area contributed by atoms with Crippen molar-refractivity contribution >= 4 is 23.2 Å². The fraction of sp³-hybridized carbons (Fsp3) is 0.250. The molecule has 0 aliphatic rings. The molecule has 0 aromatic heterocycles. The average Bonchev–Trinajstić information content (AvgIpc) is 2.44. The normalized spacial score (nSPS) is 12.4. The molecule has 20 heavy (non-hydrogen) atoms. The summed E-state index contributed by atoms with van der Waals surface area (Å²) in [7, 11) is 0. The number of hydrogen-bond donors (Lipinski definition) is 0. The van der Waals surface area contributed by atoms with Crippen molar-refractivity contribution < 1.29 is 8.78 Å². The Kier molecular flexibility index (Phi) is 5.38. The van der Waals surface area contributed by atoms with Gasteiger partial charge in [0.1, 0.15) is 11.6 Å². The lowest BCUT2D eigenvalue weighted by molar-refractivity contribution is 0.508. The van der Waals surface area contributed by atoms with Crippen molar-refractivity contribution in [2.45, 2.75) is 12.8 Å². The van der Waals surface area contributed by atoms with Crippen molar-refractivity contribution in [1.29, 1.82) is 0 Å². The van der Waals surface area contributed by atoms with Crippen LogP contribution in [0.1, 0.15) is 11.1 Å². The molecule has 0 fully saturated rings. The summed E-state index contributed by atoms with van der Waals surface area (Å²) in [5, 5.41) is 0.650. The van der Waals surface area contributed by atoms with Crippen LogP contribution in [0, 0.1) is 17.6 Å². The Balaban J connectivity index is 2.16. The summed E-state index contributed by atoms with van der Waals surface area (Å²) in [5.74, 6) is -0.805. The summed E-state index contributed by atoms with van der Waals surface area (Å²) >= 11 is 12.0. The second-order valence-electron chi connectivity index (χ2n) is 4.72. The lowest BCUT2D eigenvalue weighted by Gasteiger charge is -2.16. The fourth-order valence-electron chi connectivity index (χ4n) is 2.17. The minimum absolute atomic E-state index is 0.0667. The molecule has 0 aliphatic heterocycles. The molecule has 0 saturated carbocycles. The third-order valence-electron chi connectivity index (χ3n) is 3.24. The number of hydrogen-bond acceptors (Lipinski definition) is 0. The number of benzene rings is 2. The Morgan fingerprint density at radius 2 is 1.55 bits per heavy atom. The fourth-order valence-corrected chi connectivity index (χ4v) is 2.60. The third-order valence-corrected chi connectivity index (χ3v) is 4.04. The minimum Gasteiger partial charge on any atom is -0.207 e. The monoisotopic (exact) mass is 314 g/mol. The molecule has 2 aromatic rings. The first-order chi connectivity index (χ1) is 9.61. The number of rotatable bonds is 5. The predicted octanol–water partition coefficient (Wildman–Crippen LogP) is 5.26. The summed E-state index contributed by atoms with van der Waals surface area (Å²) in [6.45, 7) is 0. The van der Waals surface area contributed by atoms with Crippen LogP contribution >= 0.6 is 23.2 Å². The molecule has 106 valence electrons. The first-order valence-corrected chi connectivity index (χ1v) is 7.25. The predicted molar refractivity (Wildman–Crippen MR) is 79.4 cm³/mol. The molecule has 0 aliphatic carbocycles. The van der Waals surface area contributed by atoms with Gasteiger partial charge < -0.3 is 0 Å². The van der Waals surface area contributed by atoms with Gasteiger partial charge in [0.2, 0.25) is 0 Å². The van der Waals surface area contributed by atoms with Crippen molar-refractivity contribution in [3.05, 3.63) is 70.2 Å². The highest BCUT2D eigenvalue weighted by Gasteiger charge is 2.16. The van der Waals surface area contributed by atoms with Gasteiger partial charge in [-0.1, -0.05) is 35.9 Å². The molecular formula is C16H14Cl2F2. The first-order valence-electron chi connectivity index (χ1n) is 6.34. The lowest BCUT2D eigenvalue weighted by Crippen LogP contribution is -2.12. The van der Waals surface area contributed by atoms with Gasteiger partial charge in [-0.3, -0.25) is 0 Å². The minimum atomic E-state index is -0.528. The smallest absolute Gasteiger partial charge is 0.129 e. The quantitative estimate of drug-likeness (QED) is 0.660. The van der Waals surface area contributed by atoms with Gasteiger partial charge in [0, 0.05) is 16.5 Å². The van der Waals surface area contributed by atoms with E-state index in [4.69, 9.17) is 23.2 Å². The van der Waals surface area contributed by atoms with Gasteiger partial charge in [0.25, 0.3) is 0 Å². The zero-order valence-electron chi connectivity index (χ0n) is 10.8. The van der Waals surface area contributed by atoms with E-state index < -0.39 is 11.6 Å². The van der Waals surface area contributed by atoms with Crippen LogP contribution in [0.2, 0.25) is 5.02 Å². The molecule has 0 amide bonds. The standard InChI is InChI=1S/C16H14Cl2F2/c17-10-11(8-12-4-1-2-5-14(12)18)9-13-15(19)6-3-7-16(13)20/h1-7,11H,8-10H2. The molecule has 0 radical (unpaired) electrons. The molecule has 1 unspecified atom stereocenters. The summed E-state index contributed by atoms with van der Waals surface area (Å²) in [6, 6.07) is 11.3. The molecule has 0 N–H and O–H groups in total. The van der Waals surface area contributed by atoms with E-state index in [-0.39, 0.29) is 17.9 Å². The van der Waals surface area contributed by atoms with Crippen LogP contribution in [0.15, 0.2) is 42.5 Å². The molecule has 0 spiro atoms. The van der Waals surface area contributed by atoms with Gasteiger partial charge >= 0.3 is 0 Å². The maximum absolute atomic E-state index is 13.7. The van der Waals surface area contributed by atoms with Crippen LogP contribution in [0.3, 0.4) is 0 Å². The van der Waals surface area contributed by atoms with Crippen molar-refractivity contribution in [2.75, 3.05) is 5.88 Å². The van der Waals surface area contributed by atoms with Gasteiger partial charge in [-0.2, -0.15) is 0 Å². The van der Waals surface area contributed by atoms with E-state index >= 15 is 0 Å². The second kappa shape index (κ2) is 7.05. The second-order valence-corrected chi connectivity index (χ2v) is 5.44. The highest BCUT2D eigenvalue weighted by Crippen LogP contribution is 2.24. The van der Waals surface area contributed by atoms with E-state index in [1.807, 2.05) is 18.2 Å². The van der Waals surface area contributed by atoms with Gasteiger partial charge in [0.05, 0.1) is 0 Å². The SMILES string of the molecule is Fc1cccc(F)c1CC(CCl)Cc1ccccc1Cl. The summed E-state index contributed by atoms with van der Waals surface area (Å²) in [4.78, 5) is 0. The molecule has 4 heteroatoms. The van der Waals surface area contributed by atoms with E-state index in [1.165, 1.54) is 18.2 Å². The molecule has 0 nitrogen and oxygen atoms in total. The van der Waals surface area contributed by atoms with Crippen LogP contribution in [0.4, 0.5) is 8.78 Å². The molecule has 2 rings (SSSR count). The van der Waals surface area contributed by atoms with Gasteiger partial charge in [-0.15, -0.1) is 11.6 Å². The topological polar surface area (TPSA) is 0 Å². The van der Waals surface area contributed by atoms with Crippen molar-refractivity contribution in [3.8, 4) is 0 Å². The molecule has 0 bridgehead atoms. The maximum atomic E-state index is 13.7. The van der Waals surface area contributed by atoms with Crippen LogP contribution in [0.25, 0.3) is 0 Å². The van der Waals surface area contributed by atoms with Gasteiger partial charge in [0.15, 0.2) is 0 Å². The highest BCUT2D eigenvalue weighted by atomic mass is 35.5. The van der Waals surface area contributed by atoms with Crippen LogP contribution < -0.4 is 0 Å². The Labute approximate surface area is 127 Å². The Morgan fingerprint density at radius 1 is 0.900 bits per heavy atom. The maximum Gasteiger partial charge on any atom is 0.129 e. The number of alkyl halides is 1. The van der Waals surface area contributed by atoms with Gasteiger partial charge in [-0.05, 0) is 42.5 Å². The van der Waals surface area contributed by atoms with Crippen molar-refractivity contribution in [1.82, 2.24) is 0 Å². The zero-order chi connectivity index (χ0) is 14.5. The third kappa shape index (κ3) is 3.71. The van der Waals surface area contributed by atoms with Crippen LogP contribution in [0.5, 0.6) is 0 Å². The number of halogens is 4. The lowest BCUT2D eigenvalue weighted by atomic mass is 9.93. The largest absolute Gasteiger partial charge is 0.207 e. The molecule has 0 heterocycles. The highest BCUT2D eigenvalue weighted by molar-refractivity contribution is 6.31. The Hall–Kier alpha value is -1.12. The van der Waals surface area contributed by atoms with E-state index in [0.29, 0.717) is 17.3 Å². The summed E-state index contributed by atoms with van der Waals surface area (Å²) in [6.07, 6.45) is 0.851. The first kappa shape index (κ1) is 15.3. The Morgan fingerprint density at radius 3 is 2.15 bits per heavy atom. The van der Waals surface area contributed by atoms with E-state index in [9.17, 15) is 8.78 Å². The van der Waals surface area contributed by atoms with E-state index in [2.05, 4.69) is 0 Å². The summed E-state index contributed by atoms with van der Waals surface area (Å²) < 4.78 is 27.3. The molecule has 1 atom stereocenters. The van der Waals surface area contributed by atoms with E-state index in [0.717, 1.165) is 5.56 Å². The van der Waals surface area contributed by atoms with Gasteiger partial charge in [-0.25, -0.2) is 8.78 Å². The molecule has 0 saturated heterocycles. The van der Waals surface area contributed by atoms with Crippen LogP contribution in [-0.4, -0.2) is 5.88 Å². The van der Waals surface area contributed by atoms with Crippen molar-refractivity contribution in [3.63, 3.8) is 0 Å². The Bertz CT molecular complexity index is 564. The zero-order valence-corrected chi connectivity index (χ0v) is 12.3. The summed E-state index contributed by atoms with van der Waals surface area (Å²) in [5.41, 5.74) is 1.03. The van der Waals surface area contributed by atoms with Crippen molar-refractivity contribution in [2.24, 2.45) is 5.92 Å².